The van der Waals surface area contributed by atoms with Crippen LogP contribution in [0.25, 0.3) is 0 Å². The maximum atomic E-state index is 5.98. The van der Waals surface area contributed by atoms with E-state index in [1.165, 1.54) is 5.56 Å². The summed E-state index contributed by atoms with van der Waals surface area (Å²) in [6.45, 7) is 0.922. The quantitative estimate of drug-likeness (QED) is 0.926. The van der Waals surface area contributed by atoms with Crippen LogP contribution in [0, 0.1) is 0 Å². The van der Waals surface area contributed by atoms with Gasteiger partial charge in [0.25, 0.3) is 0 Å². The largest absolute Gasteiger partial charge is 0.285 e. The lowest BCUT2D eigenvalue weighted by atomic mass is 10.0. The first-order valence-corrected chi connectivity index (χ1v) is 7.05. The van der Waals surface area contributed by atoms with Gasteiger partial charge >= 0.3 is 0 Å². The van der Waals surface area contributed by atoms with Crippen molar-refractivity contribution in [1.82, 2.24) is 10.4 Å². The SMILES string of the molecule is CN1O[C@H](c2ccccc2)NC[C@H]1Cc1ccccc1. The molecule has 1 fully saturated rings. The van der Waals surface area contributed by atoms with Crippen LogP contribution in [0.2, 0.25) is 0 Å². The third-order valence-corrected chi connectivity index (χ3v) is 3.74. The van der Waals surface area contributed by atoms with Crippen LogP contribution in [0.3, 0.4) is 0 Å². The van der Waals surface area contributed by atoms with Crippen LogP contribution in [0.4, 0.5) is 0 Å². The van der Waals surface area contributed by atoms with Gasteiger partial charge in [0.1, 0.15) is 0 Å². The van der Waals surface area contributed by atoms with Crippen molar-refractivity contribution in [2.45, 2.75) is 18.7 Å². The number of hydrogen-bond acceptors (Lipinski definition) is 3. The number of hydrogen-bond donors (Lipinski definition) is 1. The summed E-state index contributed by atoms with van der Waals surface area (Å²) in [5, 5.41) is 5.46. The number of rotatable bonds is 3. The van der Waals surface area contributed by atoms with Gasteiger partial charge in [0.15, 0.2) is 6.23 Å². The monoisotopic (exact) mass is 268 g/mol. The van der Waals surface area contributed by atoms with E-state index in [-0.39, 0.29) is 6.23 Å². The van der Waals surface area contributed by atoms with E-state index in [9.17, 15) is 0 Å². The van der Waals surface area contributed by atoms with E-state index in [4.69, 9.17) is 4.84 Å². The van der Waals surface area contributed by atoms with E-state index < -0.39 is 0 Å². The Kier molecular flexibility index (Phi) is 4.11. The highest BCUT2D eigenvalue weighted by atomic mass is 16.7. The molecule has 1 N–H and O–H groups in total. The normalized spacial score (nSPS) is 23.6. The highest BCUT2D eigenvalue weighted by Gasteiger charge is 2.27. The van der Waals surface area contributed by atoms with E-state index >= 15 is 0 Å². The molecule has 3 heteroatoms. The molecule has 1 saturated heterocycles. The van der Waals surface area contributed by atoms with Crippen LogP contribution in [0.15, 0.2) is 60.7 Å². The molecule has 0 radical (unpaired) electrons. The minimum absolute atomic E-state index is 0.0479. The molecule has 1 aliphatic heterocycles. The van der Waals surface area contributed by atoms with Gasteiger partial charge in [0.05, 0.1) is 6.04 Å². The smallest absolute Gasteiger partial charge is 0.155 e. The summed E-state index contributed by atoms with van der Waals surface area (Å²) in [6, 6.07) is 21.2. The Labute approximate surface area is 120 Å². The number of nitrogens with one attached hydrogen (secondary N) is 1. The summed E-state index contributed by atoms with van der Waals surface area (Å²) in [6.07, 6.45) is 0.944. The van der Waals surface area contributed by atoms with Crippen molar-refractivity contribution in [1.29, 1.82) is 0 Å². The predicted octanol–water partition coefficient (Wildman–Crippen LogP) is 2.76. The van der Waals surface area contributed by atoms with Gasteiger partial charge in [-0.15, -0.1) is 0 Å². The van der Waals surface area contributed by atoms with Gasteiger partial charge in [-0.2, -0.15) is 5.06 Å². The third-order valence-electron chi connectivity index (χ3n) is 3.74. The molecule has 0 spiro atoms. The van der Waals surface area contributed by atoms with Crippen molar-refractivity contribution in [3.05, 3.63) is 71.8 Å². The summed E-state index contributed by atoms with van der Waals surface area (Å²) in [5.74, 6) is 0. The average Bonchev–Trinajstić information content (AvgIpc) is 2.51. The molecule has 0 bridgehead atoms. The molecule has 0 saturated carbocycles. The fourth-order valence-corrected chi connectivity index (χ4v) is 2.55. The maximum absolute atomic E-state index is 5.98. The second kappa shape index (κ2) is 6.18. The number of likely N-dealkylation sites (N-methyl/N-ethyl adjacent to an activating group) is 1. The highest BCUT2D eigenvalue weighted by Crippen LogP contribution is 2.21. The number of benzene rings is 2. The van der Waals surface area contributed by atoms with Crippen molar-refractivity contribution >= 4 is 0 Å². The van der Waals surface area contributed by atoms with Crippen molar-refractivity contribution in [2.24, 2.45) is 0 Å². The molecule has 2 aromatic carbocycles. The zero-order valence-electron chi connectivity index (χ0n) is 11.7. The summed E-state index contributed by atoms with van der Waals surface area (Å²) >= 11 is 0. The highest BCUT2D eigenvalue weighted by molar-refractivity contribution is 5.18. The standard InChI is InChI=1S/C17H20N2O/c1-19-16(12-14-8-4-2-5-9-14)13-18-17(20-19)15-10-6-3-7-11-15/h2-11,16-18H,12-13H2,1H3/t16-,17-/m1/s1. The van der Waals surface area contributed by atoms with Gasteiger partial charge in [0, 0.05) is 13.6 Å². The van der Waals surface area contributed by atoms with E-state index in [1.807, 2.05) is 36.4 Å². The van der Waals surface area contributed by atoms with Crippen LogP contribution >= 0.6 is 0 Å². The topological polar surface area (TPSA) is 24.5 Å². The van der Waals surface area contributed by atoms with Crippen molar-refractivity contribution < 1.29 is 4.84 Å². The van der Waals surface area contributed by atoms with Crippen LogP contribution in [-0.4, -0.2) is 24.7 Å². The van der Waals surface area contributed by atoms with E-state index in [2.05, 4.69) is 41.7 Å². The first-order chi connectivity index (χ1) is 9.83. The molecule has 0 aliphatic carbocycles. The zero-order valence-corrected chi connectivity index (χ0v) is 11.7. The Morgan fingerprint density at radius 2 is 1.70 bits per heavy atom. The van der Waals surface area contributed by atoms with Gasteiger partial charge in [-0.1, -0.05) is 60.7 Å². The van der Waals surface area contributed by atoms with Crippen molar-refractivity contribution in [2.75, 3.05) is 13.6 Å². The Morgan fingerprint density at radius 1 is 1.05 bits per heavy atom. The Bertz CT molecular complexity index is 529. The fourth-order valence-electron chi connectivity index (χ4n) is 2.55. The van der Waals surface area contributed by atoms with E-state index in [0.717, 1.165) is 18.5 Å². The van der Waals surface area contributed by atoms with Crippen molar-refractivity contribution in [3.8, 4) is 0 Å². The lowest BCUT2D eigenvalue weighted by Gasteiger charge is -2.37. The lowest BCUT2D eigenvalue weighted by molar-refractivity contribution is -0.241. The Balaban J connectivity index is 1.63. The van der Waals surface area contributed by atoms with Crippen LogP contribution < -0.4 is 5.32 Å². The molecular weight excluding hydrogens is 248 g/mol. The lowest BCUT2D eigenvalue weighted by Crippen LogP contribution is -2.50. The Hall–Kier alpha value is -1.68. The van der Waals surface area contributed by atoms with Gasteiger partial charge in [-0.05, 0) is 17.5 Å². The number of nitrogens with zero attached hydrogens (tertiary/aromatic N) is 1. The molecule has 3 nitrogen and oxygen atoms in total. The van der Waals surface area contributed by atoms with Gasteiger partial charge in [0.2, 0.25) is 0 Å². The summed E-state index contributed by atoms with van der Waals surface area (Å²) in [7, 11) is 2.02. The molecule has 104 valence electrons. The first-order valence-electron chi connectivity index (χ1n) is 7.05. The minimum atomic E-state index is -0.0479. The second-order valence-electron chi connectivity index (χ2n) is 5.19. The molecule has 1 heterocycles. The molecule has 1 aliphatic rings. The molecule has 0 unspecified atom stereocenters. The number of hydroxylamine groups is 2. The molecule has 2 atom stereocenters. The van der Waals surface area contributed by atoms with Crippen molar-refractivity contribution in [3.63, 3.8) is 0 Å². The van der Waals surface area contributed by atoms with E-state index in [0.29, 0.717) is 6.04 Å². The maximum Gasteiger partial charge on any atom is 0.155 e. The van der Waals surface area contributed by atoms with Gasteiger partial charge < -0.3 is 0 Å². The zero-order chi connectivity index (χ0) is 13.8. The molecule has 0 amide bonds. The summed E-state index contributed by atoms with van der Waals surface area (Å²) in [5.41, 5.74) is 2.51. The fraction of sp³-hybridized carbons (Fsp3) is 0.294. The summed E-state index contributed by atoms with van der Waals surface area (Å²) < 4.78 is 0. The molecule has 20 heavy (non-hydrogen) atoms. The second-order valence-corrected chi connectivity index (χ2v) is 5.19. The molecule has 3 rings (SSSR count). The molecule has 0 aromatic heterocycles. The average molecular weight is 268 g/mol. The first kappa shape index (κ1) is 13.3. The van der Waals surface area contributed by atoms with E-state index in [1.54, 1.807) is 0 Å². The van der Waals surface area contributed by atoms with Crippen LogP contribution in [0.5, 0.6) is 0 Å². The summed E-state index contributed by atoms with van der Waals surface area (Å²) in [4.78, 5) is 5.98. The Morgan fingerprint density at radius 3 is 2.35 bits per heavy atom. The van der Waals surface area contributed by atoms with Crippen LogP contribution in [-0.2, 0) is 11.3 Å². The van der Waals surface area contributed by atoms with Gasteiger partial charge in [-0.3, -0.25) is 10.2 Å². The molecule has 2 aromatic rings. The third kappa shape index (κ3) is 3.07. The molecular formula is C17H20N2O. The van der Waals surface area contributed by atoms with Crippen LogP contribution in [0.1, 0.15) is 17.4 Å². The predicted molar refractivity (Wildman–Crippen MR) is 80.0 cm³/mol. The minimum Gasteiger partial charge on any atom is -0.285 e. The van der Waals surface area contributed by atoms with Gasteiger partial charge in [-0.25, -0.2) is 0 Å².